The van der Waals surface area contributed by atoms with Crippen LogP contribution < -0.4 is 10.9 Å². The fraction of sp³-hybridized carbons (Fsp3) is 0. The van der Waals surface area contributed by atoms with Crippen molar-refractivity contribution >= 4 is 18.4 Å². The molecule has 0 aliphatic carbocycles. The smallest absolute Gasteiger partial charge is 0.230 e. The number of nitrogens with zero attached hydrogens (tertiary/aromatic N) is 2. The molecule has 0 radical (unpaired) electrons. The lowest BCUT2D eigenvalue weighted by molar-refractivity contribution is 0.893. The van der Waals surface area contributed by atoms with Crippen LogP contribution in [0, 0.1) is 5.41 Å². The fourth-order valence-corrected chi connectivity index (χ4v) is 3.15. The molecule has 0 aliphatic rings. The SMILES string of the molecule is N=C(N/N=C/c1ccc(-c2ccccc2)cc1)N/N=C/c1ccc(-c2ccccc2)cc1. The van der Waals surface area contributed by atoms with Gasteiger partial charge in [0, 0.05) is 0 Å². The van der Waals surface area contributed by atoms with Crippen molar-refractivity contribution in [3.05, 3.63) is 120 Å². The molecule has 0 aromatic heterocycles. The summed E-state index contributed by atoms with van der Waals surface area (Å²) < 4.78 is 0. The molecular weight excluding hydrogens is 394 g/mol. The molecule has 0 saturated heterocycles. The van der Waals surface area contributed by atoms with Gasteiger partial charge in [0.1, 0.15) is 0 Å². The summed E-state index contributed by atoms with van der Waals surface area (Å²) in [5.74, 6) is -0.0145. The van der Waals surface area contributed by atoms with Crippen molar-refractivity contribution in [1.82, 2.24) is 10.9 Å². The summed E-state index contributed by atoms with van der Waals surface area (Å²) >= 11 is 0. The first-order chi connectivity index (χ1) is 15.8. The lowest BCUT2D eigenvalue weighted by atomic mass is 10.0. The second-order valence-corrected chi connectivity index (χ2v) is 7.09. The summed E-state index contributed by atoms with van der Waals surface area (Å²) in [6.07, 6.45) is 3.33. The molecule has 4 aromatic rings. The van der Waals surface area contributed by atoms with E-state index in [1.165, 1.54) is 11.1 Å². The molecule has 0 atom stereocenters. The monoisotopic (exact) mass is 417 g/mol. The van der Waals surface area contributed by atoms with Crippen molar-refractivity contribution in [2.75, 3.05) is 0 Å². The normalized spacial score (nSPS) is 11.0. The summed E-state index contributed by atoms with van der Waals surface area (Å²) in [4.78, 5) is 0. The predicted octanol–water partition coefficient (Wildman–Crippen LogP) is 5.50. The van der Waals surface area contributed by atoms with E-state index >= 15 is 0 Å². The lowest BCUT2D eigenvalue weighted by Crippen LogP contribution is -2.29. The highest BCUT2D eigenvalue weighted by molar-refractivity contribution is 5.85. The molecule has 0 unspecified atom stereocenters. The van der Waals surface area contributed by atoms with Crippen molar-refractivity contribution in [3.8, 4) is 22.3 Å². The number of guanidine groups is 1. The summed E-state index contributed by atoms with van der Waals surface area (Å²) in [6.45, 7) is 0. The van der Waals surface area contributed by atoms with Crippen LogP contribution in [0.5, 0.6) is 0 Å². The maximum atomic E-state index is 7.86. The van der Waals surface area contributed by atoms with E-state index in [1.54, 1.807) is 12.4 Å². The third kappa shape index (κ3) is 5.77. The Morgan fingerprint density at radius 1 is 0.500 bits per heavy atom. The van der Waals surface area contributed by atoms with Gasteiger partial charge in [-0.2, -0.15) is 10.2 Å². The van der Waals surface area contributed by atoms with E-state index in [1.807, 2.05) is 84.9 Å². The Morgan fingerprint density at radius 3 is 1.22 bits per heavy atom. The van der Waals surface area contributed by atoms with Gasteiger partial charge in [0.25, 0.3) is 0 Å². The fourth-order valence-electron chi connectivity index (χ4n) is 3.15. The van der Waals surface area contributed by atoms with Gasteiger partial charge < -0.3 is 0 Å². The molecular formula is C27H23N5. The zero-order valence-electron chi connectivity index (χ0n) is 17.4. The van der Waals surface area contributed by atoms with Crippen LogP contribution >= 0.6 is 0 Å². The summed E-state index contributed by atoms with van der Waals surface area (Å²) in [5, 5.41) is 16.0. The van der Waals surface area contributed by atoms with Gasteiger partial charge in [0.2, 0.25) is 5.96 Å². The first-order valence-electron chi connectivity index (χ1n) is 10.3. The van der Waals surface area contributed by atoms with E-state index < -0.39 is 0 Å². The van der Waals surface area contributed by atoms with Crippen LogP contribution in [0.2, 0.25) is 0 Å². The summed E-state index contributed by atoms with van der Waals surface area (Å²) in [7, 11) is 0. The second kappa shape index (κ2) is 10.5. The molecule has 0 heterocycles. The first kappa shape index (κ1) is 20.8. The van der Waals surface area contributed by atoms with Crippen molar-refractivity contribution < 1.29 is 0 Å². The number of hydrazone groups is 2. The van der Waals surface area contributed by atoms with Gasteiger partial charge in [0.05, 0.1) is 12.4 Å². The van der Waals surface area contributed by atoms with Gasteiger partial charge in [-0.25, -0.2) is 10.9 Å². The third-order valence-corrected chi connectivity index (χ3v) is 4.82. The van der Waals surface area contributed by atoms with E-state index in [4.69, 9.17) is 5.41 Å². The molecule has 4 aromatic carbocycles. The Hall–Kier alpha value is -4.51. The Labute approximate surface area is 187 Å². The number of nitrogens with one attached hydrogen (secondary N) is 3. The number of benzene rings is 4. The van der Waals surface area contributed by atoms with Crippen molar-refractivity contribution in [2.45, 2.75) is 0 Å². The van der Waals surface area contributed by atoms with Gasteiger partial charge in [-0.1, -0.05) is 109 Å². The molecule has 4 rings (SSSR count). The van der Waals surface area contributed by atoms with Crippen molar-refractivity contribution in [2.24, 2.45) is 10.2 Å². The van der Waals surface area contributed by atoms with Crippen molar-refractivity contribution in [1.29, 1.82) is 5.41 Å². The highest BCUT2D eigenvalue weighted by Crippen LogP contribution is 2.19. The predicted molar refractivity (Wildman–Crippen MR) is 133 cm³/mol. The Kier molecular flexibility index (Phi) is 6.81. The highest BCUT2D eigenvalue weighted by Gasteiger charge is 1.97. The molecule has 32 heavy (non-hydrogen) atoms. The van der Waals surface area contributed by atoms with Crippen molar-refractivity contribution in [3.63, 3.8) is 0 Å². The van der Waals surface area contributed by atoms with Gasteiger partial charge in [-0.3, -0.25) is 5.41 Å². The van der Waals surface area contributed by atoms with Crippen LogP contribution in [0.4, 0.5) is 0 Å². The Morgan fingerprint density at radius 2 is 0.844 bits per heavy atom. The van der Waals surface area contributed by atoms with E-state index in [-0.39, 0.29) is 5.96 Å². The van der Waals surface area contributed by atoms with Gasteiger partial charge in [-0.15, -0.1) is 0 Å². The van der Waals surface area contributed by atoms with E-state index in [0.29, 0.717) is 0 Å². The minimum Gasteiger partial charge on any atom is -0.266 e. The summed E-state index contributed by atoms with van der Waals surface area (Å²) in [6, 6.07) is 36.6. The molecule has 0 bridgehead atoms. The van der Waals surface area contributed by atoms with Crippen LogP contribution in [0.3, 0.4) is 0 Å². The average molecular weight is 418 g/mol. The van der Waals surface area contributed by atoms with E-state index in [0.717, 1.165) is 22.3 Å². The average Bonchev–Trinajstić information content (AvgIpc) is 2.86. The highest BCUT2D eigenvalue weighted by atomic mass is 15.4. The maximum Gasteiger partial charge on any atom is 0.230 e. The minimum atomic E-state index is -0.0145. The molecule has 0 amide bonds. The van der Waals surface area contributed by atoms with Crippen LogP contribution in [0.1, 0.15) is 11.1 Å². The van der Waals surface area contributed by atoms with E-state index in [9.17, 15) is 0 Å². The summed E-state index contributed by atoms with van der Waals surface area (Å²) in [5.41, 5.74) is 11.8. The Bertz CT molecular complexity index is 1100. The van der Waals surface area contributed by atoms with Crippen LogP contribution in [0.25, 0.3) is 22.3 Å². The molecule has 156 valence electrons. The Balaban J connectivity index is 1.25. The zero-order chi connectivity index (χ0) is 22.0. The van der Waals surface area contributed by atoms with Crippen LogP contribution in [-0.2, 0) is 0 Å². The molecule has 0 fully saturated rings. The number of rotatable bonds is 6. The molecule has 0 aliphatic heterocycles. The minimum absolute atomic E-state index is 0.0145. The van der Waals surface area contributed by atoms with Crippen LogP contribution in [-0.4, -0.2) is 18.4 Å². The molecule has 3 N–H and O–H groups in total. The quantitative estimate of drug-likeness (QED) is 0.220. The standard InChI is InChI=1S/C27H23N5/c28-27(31-29-19-21-11-15-25(16-12-21)23-7-3-1-4-8-23)32-30-20-22-13-17-26(18-14-22)24-9-5-2-6-10-24/h1-20H,(H3,28,31,32)/b29-19+,30-20+. The molecule has 5 nitrogen and oxygen atoms in total. The third-order valence-electron chi connectivity index (χ3n) is 4.82. The largest absolute Gasteiger partial charge is 0.266 e. The topological polar surface area (TPSA) is 72.6 Å². The van der Waals surface area contributed by atoms with Crippen LogP contribution in [0.15, 0.2) is 119 Å². The van der Waals surface area contributed by atoms with Gasteiger partial charge in [-0.05, 0) is 33.4 Å². The number of hydrogen-bond donors (Lipinski definition) is 3. The zero-order valence-corrected chi connectivity index (χ0v) is 17.4. The molecule has 5 heteroatoms. The maximum absolute atomic E-state index is 7.86. The van der Waals surface area contributed by atoms with Gasteiger partial charge in [0.15, 0.2) is 0 Å². The lowest BCUT2D eigenvalue weighted by Gasteiger charge is -2.03. The van der Waals surface area contributed by atoms with E-state index in [2.05, 4.69) is 45.3 Å². The first-order valence-corrected chi connectivity index (χ1v) is 10.3. The second-order valence-electron chi connectivity index (χ2n) is 7.09. The molecule has 0 saturated carbocycles. The van der Waals surface area contributed by atoms with Gasteiger partial charge >= 0.3 is 0 Å². The molecule has 0 spiro atoms. The number of hydrogen-bond acceptors (Lipinski definition) is 3.